The Morgan fingerprint density at radius 1 is 1.62 bits per heavy atom. The number of thiol groups is 1. The molecule has 86 valence electrons. The number of amides is 1. The number of hydrogen-bond donors (Lipinski definition) is 1. The molecule has 5 heteroatoms. The summed E-state index contributed by atoms with van der Waals surface area (Å²) in [5.74, 6) is 0.672. The zero-order valence-electron chi connectivity index (χ0n) is 9.30. The molecule has 2 heterocycles. The maximum Gasteiger partial charge on any atom is 0.228 e. The molecule has 0 aliphatic carbocycles. The van der Waals surface area contributed by atoms with Crippen LogP contribution in [0.3, 0.4) is 0 Å². The van der Waals surface area contributed by atoms with Crippen molar-refractivity contribution in [3.63, 3.8) is 0 Å². The summed E-state index contributed by atoms with van der Waals surface area (Å²) in [4.78, 5) is 17.6. The molecular formula is C11H14N2O2S. The molecule has 2 rings (SSSR count). The number of ether oxygens (including phenoxy) is 1. The maximum atomic E-state index is 11.7. The minimum absolute atomic E-state index is 0.107. The molecule has 1 aliphatic rings. The summed E-state index contributed by atoms with van der Waals surface area (Å²) in [5.41, 5.74) is 1.84. The van der Waals surface area contributed by atoms with Crippen LogP contribution in [0.1, 0.15) is 12.0 Å². The van der Waals surface area contributed by atoms with Crippen molar-refractivity contribution in [2.45, 2.75) is 18.6 Å². The van der Waals surface area contributed by atoms with E-state index in [1.165, 1.54) is 0 Å². The van der Waals surface area contributed by atoms with E-state index < -0.39 is 0 Å². The van der Waals surface area contributed by atoms with Crippen molar-refractivity contribution in [1.82, 2.24) is 4.98 Å². The molecule has 16 heavy (non-hydrogen) atoms. The molecule has 4 nitrogen and oxygen atoms in total. The van der Waals surface area contributed by atoms with Crippen LogP contribution in [0.4, 0.5) is 5.69 Å². The largest absolute Gasteiger partial charge is 0.481 e. The van der Waals surface area contributed by atoms with Gasteiger partial charge in [-0.25, -0.2) is 4.98 Å². The number of carbonyl (C=O) groups excluding carboxylic acids is 1. The van der Waals surface area contributed by atoms with E-state index in [0.717, 1.165) is 11.3 Å². The predicted molar refractivity (Wildman–Crippen MR) is 65.3 cm³/mol. The minimum atomic E-state index is 0.107. The highest BCUT2D eigenvalue weighted by atomic mass is 32.1. The Morgan fingerprint density at radius 2 is 2.38 bits per heavy atom. The molecule has 1 atom stereocenters. The lowest BCUT2D eigenvalue weighted by Crippen LogP contribution is -2.25. The van der Waals surface area contributed by atoms with Crippen molar-refractivity contribution in [3.8, 4) is 5.88 Å². The third kappa shape index (κ3) is 2.00. The van der Waals surface area contributed by atoms with Crippen LogP contribution in [-0.4, -0.2) is 29.8 Å². The van der Waals surface area contributed by atoms with Crippen LogP contribution in [0.2, 0.25) is 0 Å². The molecule has 1 amide bonds. The fourth-order valence-electron chi connectivity index (χ4n) is 1.84. The van der Waals surface area contributed by atoms with Gasteiger partial charge in [-0.3, -0.25) is 4.79 Å². The van der Waals surface area contributed by atoms with Gasteiger partial charge in [-0.05, 0) is 12.5 Å². The highest BCUT2D eigenvalue weighted by Gasteiger charge is 2.29. The number of aromatic nitrogens is 1. The maximum absolute atomic E-state index is 11.7. The Bertz CT molecular complexity index is 422. The molecular weight excluding hydrogens is 224 g/mol. The summed E-state index contributed by atoms with van der Waals surface area (Å²) in [6.45, 7) is 2.59. The number of anilines is 1. The van der Waals surface area contributed by atoms with E-state index in [2.05, 4.69) is 17.6 Å². The Hall–Kier alpha value is -1.23. The second-order valence-electron chi connectivity index (χ2n) is 3.88. The van der Waals surface area contributed by atoms with Gasteiger partial charge in [-0.1, -0.05) is 0 Å². The number of pyridine rings is 1. The zero-order chi connectivity index (χ0) is 11.7. The summed E-state index contributed by atoms with van der Waals surface area (Å²) in [7, 11) is 1.58. The standard InChI is InChI=1S/C11H14N2O2S/c1-7-3-10(15-2)12-5-9(7)13-6-8(16)4-11(13)14/h3,5,8,16H,4,6H2,1-2H3. The van der Waals surface area contributed by atoms with E-state index >= 15 is 0 Å². The zero-order valence-corrected chi connectivity index (χ0v) is 10.2. The van der Waals surface area contributed by atoms with Crippen molar-refractivity contribution in [2.24, 2.45) is 0 Å². The van der Waals surface area contributed by atoms with E-state index in [0.29, 0.717) is 18.8 Å². The van der Waals surface area contributed by atoms with Crippen molar-refractivity contribution in [3.05, 3.63) is 17.8 Å². The molecule has 0 radical (unpaired) electrons. The van der Waals surface area contributed by atoms with Gasteiger partial charge >= 0.3 is 0 Å². The van der Waals surface area contributed by atoms with E-state index in [-0.39, 0.29) is 11.2 Å². The molecule has 0 N–H and O–H groups in total. The molecule has 1 aliphatic heterocycles. The lowest BCUT2D eigenvalue weighted by Gasteiger charge is -2.18. The van der Waals surface area contributed by atoms with Crippen molar-refractivity contribution < 1.29 is 9.53 Å². The van der Waals surface area contributed by atoms with E-state index in [1.807, 2.05) is 13.0 Å². The third-order valence-electron chi connectivity index (χ3n) is 2.66. The predicted octanol–water partition coefficient (Wildman–Crippen LogP) is 1.43. The second-order valence-corrected chi connectivity index (χ2v) is 4.61. The van der Waals surface area contributed by atoms with Gasteiger partial charge in [0.25, 0.3) is 0 Å². The van der Waals surface area contributed by atoms with Crippen LogP contribution >= 0.6 is 12.6 Å². The first kappa shape index (κ1) is 11.3. The lowest BCUT2D eigenvalue weighted by atomic mass is 10.2. The lowest BCUT2D eigenvalue weighted by molar-refractivity contribution is -0.117. The van der Waals surface area contributed by atoms with Gasteiger partial charge in [0.05, 0.1) is 19.0 Å². The fraction of sp³-hybridized carbons (Fsp3) is 0.455. The van der Waals surface area contributed by atoms with Crippen LogP contribution in [0.25, 0.3) is 0 Å². The normalized spacial score (nSPS) is 20.3. The summed E-state index contributed by atoms with van der Waals surface area (Å²) < 4.78 is 5.03. The summed E-state index contributed by atoms with van der Waals surface area (Å²) in [6, 6.07) is 1.83. The average molecular weight is 238 g/mol. The first-order valence-electron chi connectivity index (χ1n) is 5.11. The van der Waals surface area contributed by atoms with Gasteiger partial charge in [0.2, 0.25) is 11.8 Å². The SMILES string of the molecule is COc1cc(C)c(N2CC(S)CC2=O)cn1. The Kier molecular flexibility index (Phi) is 3.05. The van der Waals surface area contributed by atoms with Crippen molar-refractivity contribution >= 4 is 24.2 Å². The molecule has 0 aromatic carbocycles. The molecule has 0 saturated carbocycles. The fourth-order valence-corrected chi connectivity index (χ4v) is 2.16. The smallest absolute Gasteiger partial charge is 0.228 e. The first-order chi connectivity index (χ1) is 7.61. The van der Waals surface area contributed by atoms with Crippen LogP contribution in [0.5, 0.6) is 5.88 Å². The number of methoxy groups -OCH3 is 1. The molecule has 1 unspecified atom stereocenters. The van der Waals surface area contributed by atoms with Crippen LogP contribution in [-0.2, 0) is 4.79 Å². The van der Waals surface area contributed by atoms with Crippen LogP contribution < -0.4 is 9.64 Å². The Balaban J connectivity index is 2.30. The van der Waals surface area contributed by atoms with Crippen molar-refractivity contribution in [2.75, 3.05) is 18.6 Å². The summed E-state index contributed by atoms with van der Waals surface area (Å²) in [6.07, 6.45) is 2.17. The second kappa shape index (κ2) is 4.33. The molecule has 1 fully saturated rings. The average Bonchev–Trinajstić information content (AvgIpc) is 2.57. The molecule has 1 aromatic rings. The molecule has 0 spiro atoms. The Morgan fingerprint density at radius 3 is 2.88 bits per heavy atom. The quantitative estimate of drug-likeness (QED) is 0.793. The van der Waals surface area contributed by atoms with E-state index in [1.54, 1.807) is 18.2 Å². The van der Waals surface area contributed by atoms with Gasteiger partial charge < -0.3 is 9.64 Å². The monoisotopic (exact) mass is 238 g/mol. The molecule has 0 bridgehead atoms. The summed E-state index contributed by atoms with van der Waals surface area (Å²) >= 11 is 4.33. The van der Waals surface area contributed by atoms with Gasteiger partial charge in [-0.15, -0.1) is 0 Å². The number of hydrogen-bond acceptors (Lipinski definition) is 4. The molecule has 1 saturated heterocycles. The van der Waals surface area contributed by atoms with Gasteiger partial charge in [0.1, 0.15) is 0 Å². The summed E-state index contributed by atoms with van der Waals surface area (Å²) in [5, 5.41) is 0.119. The van der Waals surface area contributed by atoms with Gasteiger partial charge in [0.15, 0.2) is 0 Å². The highest BCUT2D eigenvalue weighted by molar-refractivity contribution is 7.81. The number of rotatable bonds is 2. The number of nitrogens with zero attached hydrogens (tertiary/aromatic N) is 2. The van der Waals surface area contributed by atoms with Gasteiger partial charge in [-0.2, -0.15) is 12.6 Å². The van der Waals surface area contributed by atoms with Crippen molar-refractivity contribution in [1.29, 1.82) is 0 Å². The van der Waals surface area contributed by atoms with E-state index in [4.69, 9.17) is 4.74 Å². The number of carbonyl (C=O) groups is 1. The van der Waals surface area contributed by atoms with E-state index in [9.17, 15) is 4.79 Å². The number of aryl methyl sites for hydroxylation is 1. The highest BCUT2D eigenvalue weighted by Crippen LogP contribution is 2.27. The van der Waals surface area contributed by atoms with Gasteiger partial charge in [0, 0.05) is 24.3 Å². The minimum Gasteiger partial charge on any atom is -0.481 e. The third-order valence-corrected chi connectivity index (χ3v) is 3.01. The van der Waals surface area contributed by atoms with Crippen LogP contribution in [0.15, 0.2) is 12.3 Å². The van der Waals surface area contributed by atoms with Crippen LogP contribution in [0, 0.1) is 6.92 Å². The Labute approximate surface area is 100 Å². The first-order valence-corrected chi connectivity index (χ1v) is 5.62. The topological polar surface area (TPSA) is 42.4 Å². The molecule has 1 aromatic heterocycles.